The Morgan fingerprint density at radius 2 is 1.95 bits per heavy atom. The second-order valence-corrected chi connectivity index (χ2v) is 7.88. The minimum absolute atomic E-state index is 0.0236. The molecule has 114 valence electrons. The van der Waals surface area contributed by atoms with Crippen molar-refractivity contribution in [3.63, 3.8) is 0 Å². The van der Waals surface area contributed by atoms with Crippen molar-refractivity contribution in [1.29, 1.82) is 0 Å². The summed E-state index contributed by atoms with van der Waals surface area (Å²) in [6.07, 6.45) is 2.69. The Morgan fingerprint density at radius 3 is 2.45 bits per heavy atom. The van der Waals surface area contributed by atoms with Crippen LogP contribution < -0.4 is 0 Å². The van der Waals surface area contributed by atoms with Gasteiger partial charge in [0.2, 0.25) is 10.0 Å². The van der Waals surface area contributed by atoms with Crippen molar-refractivity contribution in [2.24, 2.45) is 0 Å². The number of sulfonamides is 1. The third-order valence-electron chi connectivity index (χ3n) is 3.55. The van der Waals surface area contributed by atoms with E-state index in [1.165, 1.54) is 0 Å². The molecule has 3 nitrogen and oxygen atoms in total. The van der Waals surface area contributed by atoms with Gasteiger partial charge in [-0.1, -0.05) is 36.2 Å². The van der Waals surface area contributed by atoms with Crippen LogP contribution >= 0.6 is 15.9 Å². The van der Waals surface area contributed by atoms with Crippen LogP contribution in [-0.4, -0.2) is 25.3 Å². The maximum absolute atomic E-state index is 12.8. The van der Waals surface area contributed by atoms with Gasteiger partial charge in [-0.3, -0.25) is 0 Å². The van der Waals surface area contributed by atoms with Gasteiger partial charge in [-0.2, -0.15) is 4.31 Å². The van der Waals surface area contributed by atoms with Crippen LogP contribution in [0.25, 0.3) is 0 Å². The van der Waals surface area contributed by atoms with Gasteiger partial charge in [-0.25, -0.2) is 8.42 Å². The Kier molecular flexibility index (Phi) is 6.69. The van der Waals surface area contributed by atoms with Gasteiger partial charge in [-0.15, -0.1) is 0 Å². The maximum Gasteiger partial charge on any atom is 0.243 e. The average molecular weight is 362 g/mol. The smallest absolute Gasteiger partial charge is 0.207 e. The normalized spacial score (nSPS) is 13.7. The van der Waals surface area contributed by atoms with Crippen LogP contribution in [0, 0.1) is 6.92 Å². The molecule has 0 heterocycles. The molecular weight excluding hydrogens is 338 g/mol. The number of halogens is 1. The Labute approximate surface area is 131 Å². The van der Waals surface area contributed by atoms with Crippen molar-refractivity contribution in [2.45, 2.75) is 57.9 Å². The third kappa shape index (κ3) is 4.06. The van der Waals surface area contributed by atoms with E-state index < -0.39 is 10.0 Å². The lowest BCUT2D eigenvalue weighted by Gasteiger charge is -2.27. The number of hydrogen-bond acceptors (Lipinski definition) is 2. The highest BCUT2D eigenvalue weighted by Gasteiger charge is 2.27. The zero-order valence-electron chi connectivity index (χ0n) is 12.7. The molecule has 1 unspecified atom stereocenters. The Bertz CT molecular complexity index is 543. The molecule has 0 N–H and O–H groups in total. The van der Waals surface area contributed by atoms with Crippen molar-refractivity contribution >= 4 is 26.0 Å². The number of hydrogen-bond donors (Lipinski definition) is 0. The van der Waals surface area contributed by atoms with Crippen LogP contribution in [0.15, 0.2) is 27.6 Å². The van der Waals surface area contributed by atoms with Crippen LogP contribution in [0.4, 0.5) is 0 Å². The Morgan fingerprint density at radius 1 is 1.30 bits per heavy atom. The second-order valence-electron chi connectivity index (χ2n) is 5.14. The number of benzene rings is 1. The van der Waals surface area contributed by atoms with Crippen LogP contribution in [0.3, 0.4) is 0 Å². The molecule has 5 heteroatoms. The fourth-order valence-corrected chi connectivity index (χ4v) is 4.08. The van der Waals surface area contributed by atoms with E-state index in [1.54, 1.807) is 22.5 Å². The van der Waals surface area contributed by atoms with Gasteiger partial charge in [0.25, 0.3) is 0 Å². The largest absolute Gasteiger partial charge is 0.243 e. The first kappa shape index (κ1) is 17.7. The molecule has 0 bridgehead atoms. The molecule has 0 spiro atoms. The summed E-state index contributed by atoms with van der Waals surface area (Å²) in [6.45, 7) is 8.56. The van der Waals surface area contributed by atoms with Gasteiger partial charge in [0.15, 0.2) is 0 Å². The topological polar surface area (TPSA) is 37.4 Å². The van der Waals surface area contributed by atoms with Crippen molar-refractivity contribution in [1.82, 2.24) is 4.31 Å². The summed E-state index contributed by atoms with van der Waals surface area (Å²) in [5.41, 5.74) is 0.936. The molecule has 1 rings (SSSR count). The van der Waals surface area contributed by atoms with Crippen LogP contribution in [0.2, 0.25) is 0 Å². The highest BCUT2D eigenvalue weighted by molar-refractivity contribution is 9.10. The predicted molar refractivity (Wildman–Crippen MR) is 87.4 cm³/mol. The summed E-state index contributed by atoms with van der Waals surface area (Å²) < 4.78 is 28.2. The molecule has 1 atom stereocenters. The minimum atomic E-state index is -3.41. The zero-order valence-corrected chi connectivity index (χ0v) is 15.1. The van der Waals surface area contributed by atoms with Crippen LogP contribution in [-0.2, 0) is 10.0 Å². The van der Waals surface area contributed by atoms with Gasteiger partial charge in [0, 0.05) is 17.1 Å². The van der Waals surface area contributed by atoms with Gasteiger partial charge in [0.1, 0.15) is 0 Å². The molecule has 0 radical (unpaired) electrons. The summed E-state index contributed by atoms with van der Waals surface area (Å²) in [4.78, 5) is 0.384. The Hall–Kier alpha value is -0.390. The monoisotopic (exact) mass is 361 g/mol. The van der Waals surface area contributed by atoms with E-state index in [9.17, 15) is 8.42 Å². The molecule has 0 saturated heterocycles. The van der Waals surface area contributed by atoms with Gasteiger partial charge >= 0.3 is 0 Å². The van der Waals surface area contributed by atoms with E-state index in [1.807, 2.05) is 20.8 Å². The van der Waals surface area contributed by atoms with Gasteiger partial charge in [0.05, 0.1) is 4.90 Å². The van der Waals surface area contributed by atoms with Gasteiger partial charge in [-0.05, 0) is 50.5 Å². The molecule has 1 aromatic carbocycles. The Balaban J connectivity index is 3.17. The highest BCUT2D eigenvalue weighted by Crippen LogP contribution is 2.24. The first-order valence-electron chi connectivity index (χ1n) is 7.12. The number of aryl methyl sites for hydroxylation is 1. The first-order valence-corrected chi connectivity index (χ1v) is 9.35. The molecule has 0 aliphatic carbocycles. The lowest BCUT2D eigenvalue weighted by molar-refractivity contribution is 0.324. The van der Waals surface area contributed by atoms with Gasteiger partial charge < -0.3 is 0 Å². The molecule has 0 aromatic heterocycles. The molecular formula is C15H24BrNO2S. The maximum atomic E-state index is 12.8. The average Bonchev–Trinajstić information content (AvgIpc) is 2.41. The van der Waals surface area contributed by atoms with Crippen LogP contribution in [0.5, 0.6) is 0 Å². The number of unbranched alkanes of at least 4 members (excludes halogenated alkanes) is 1. The van der Waals surface area contributed by atoms with Crippen molar-refractivity contribution < 1.29 is 8.42 Å². The van der Waals surface area contributed by atoms with E-state index in [0.717, 1.165) is 29.3 Å². The third-order valence-corrected chi connectivity index (χ3v) is 6.45. The van der Waals surface area contributed by atoms with E-state index in [-0.39, 0.29) is 6.04 Å². The summed E-state index contributed by atoms with van der Waals surface area (Å²) in [5.74, 6) is 0. The number of rotatable bonds is 7. The zero-order chi connectivity index (χ0) is 15.3. The molecule has 0 amide bonds. The summed E-state index contributed by atoms with van der Waals surface area (Å²) in [6, 6.07) is 5.24. The highest BCUT2D eigenvalue weighted by atomic mass is 79.9. The first-order chi connectivity index (χ1) is 9.34. The fourth-order valence-electron chi connectivity index (χ4n) is 2.01. The van der Waals surface area contributed by atoms with E-state index in [2.05, 4.69) is 22.9 Å². The quantitative estimate of drug-likeness (QED) is 0.723. The lowest BCUT2D eigenvalue weighted by atomic mass is 10.2. The summed E-state index contributed by atoms with van der Waals surface area (Å²) >= 11 is 3.41. The van der Waals surface area contributed by atoms with E-state index in [0.29, 0.717) is 11.4 Å². The lowest BCUT2D eigenvalue weighted by Crippen LogP contribution is -2.39. The SMILES string of the molecule is CCCCN(C(C)CC)S(=O)(=O)c1ccc(Br)c(C)c1. The van der Waals surface area contributed by atoms with E-state index >= 15 is 0 Å². The molecule has 0 fully saturated rings. The molecule has 0 saturated carbocycles. The molecule has 0 aliphatic rings. The second kappa shape index (κ2) is 7.57. The minimum Gasteiger partial charge on any atom is -0.207 e. The number of nitrogens with zero attached hydrogens (tertiary/aromatic N) is 1. The van der Waals surface area contributed by atoms with Crippen LogP contribution in [0.1, 0.15) is 45.6 Å². The van der Waals surface area contributed by atoms with Crippen molar-refractivity contribution in [3.05, 3.63) is 28.2 Å². The summed E-state index contributed by atoms with van der Waals surface area (Å²) in [5, 5.41) is 0. The molecule has 0 aliphatic heterocycles. The summed E-state index contributed by atoms with van der Waals surface area (Å²) in [7, 11) is -3.41. The predicted octanol–water partition coefficient (Wildman–Crippen LogP) is 4.35. The molecule has 20 heavy (non-hydrogen) atoms. The van der Waals surface area contributed by atoms with Crippen molar-refractivity contribution in [2.75, 3.05) is 6.54 Å². The fraction of sp³-hybridized carbons (Fsp3) is 0.600. The molecule has 1 aromatic rings. The van der Waals surface area contributed by atoms with E-state index in [4.69, 9.17) is 0 Å². The van der Waals surface area contributed by atoms with Crippen molar-refractivity contribution in [3.8, 4) is 0 Å². The standard InChI is InChI=1S/C15H24BrNO2S/c1-5-7-10-17(13(4)6-2)20(18,19)14-8-9-15(16)12(3)11-14/h8-9,11,13H,5-7,10H2,1-4H3.